The molecule has 182 valence electrons. The van der Waals surface area contributed by atoms with Gasteiger partial charge in [-0.2, -0.15) is 0 Å². The van der Waals surface area contributed by atoms with Crippen LogP contribution in [0.5, 0.6) is 0 Å². The van der Waals surface area contributed by atoms with E-state index in [1.54, 1.807) is 41.6 Å². The average molecular weight is 487 g/mol. The summed E-state index contributed by atoms with van der Waals surface area (Å²) in [6, 6.07) is 18.0. The van der Waals surface area contributed by atoms with E-state index < -0.39 is 11.6 Å². The molecule has 1 N–H and O–H groups in total. The number of anilines is 2. The van der Waals surface area contributed by atoms with Crippen molar-refractivity contribution in [3.05, 3.63) is 102 Å². The summed E-state index contributed by atoms with van der Waals surface area (Å²) in [6.45, 7) is 1.51. The van der Waals surface area contributed by atoms with E-state index in [4.69, 9.17) is 0 Å². The third-order valence-corrected chi connectivity index (χ3v) is 6.22. The summed E-state index contributed by atoms with van der Waals surface area (Å²) in [5.41, 5.74) is 2.38. The molecule has 2 amide bonds. The number of aromatic nitrogens is 1. The quantitative estimate of drug-likeness (QED) is 0.443. The Morgan fingerprint density at radius 2 is 1.75 bits per heavy atom. The van der Waals surface area contributed by atoms with Gasteiger partial charge in [0.05, 0.1) is 19.5 Å². The van der Waals surface area contributed by atoms with Crippen LogP contribution < -0.4 is 15.1 Å². The molecular formula is C28H24F2N4O2. The number of carbonyl (C=O) groups excluding carboxylic acids is 2. The van der Waals surface area contributed by atoms with Crippen LogP contribution >= 0.6 is 0 Å². The van der Waals surface area contributed by atoms with Crippen molar-refractivity contribution in [3.8, 4) is 0 Å². The number of benzene rings is 3. The monoisotopic (exact) mass is 486 g/mol. The standard InChI is InChI=1S/C28H24F2N4O2/c29-22-11-19(12-23(30)14-22)18-34(25-7-5-24(6-8-25)33-10-9-31-17-28(33)36)27(35)13-21-16-32-15-20-3-1-2-4-26(20)21/h1-8,11-12,14-16,31H,9-10,13,17-18H2. The fourth-order valence-electron chi connectivity index (χ4n) is 4.48. The first-order valence-electron chi connectivity index (χ1n) is 11.7. The van der Waals surface area contributed by atoms with Crippen molar-refractivity contribution < 1.29 is 18.4 Å². The summed E-state index contributed by atoms with van der Waals surface area (Å²) in [7, 11) is 0. The van der Waals surface area contributed by atoms with E-state index >= 15 is 0 Å². The van der Waals surface area contributed by atoms with Crippen LogP contribution in [0.1, 0.15) is 11.1 Å². The van der Waals surface area contributed by atoms with Crippen LogP contribution in [0.25, 0.3) is 10.8 Å². The third-order valence-electron chi connectivity index (χ3n) is 6.22. The SMILES string of the molecule is O=C1CNCCN1c1ccc(N(Cc2cc(F)cc(F)c2)C(=O)Cc2cncc3ccccc23)cc1. The Balaban J connectivity index is 1.47. The van der Waals surface area contributed by atoms with Gasteiger partial charge < -0.3 is 15.1 Å². The van der Waals surface area contributed by atoms with Gasteiger partial charge in [-0.1, -0.05) is 24.3 Å². The lowest BCUT2D eigenvalue weighted by Crippen LogP contribution is -2.48. The van der Waals surface area contributed by atoms with E-state index in [1.165, 1.54) is 17.0 Å². The molecule has 36 heavy (non-hydrogen) atoms. The summed E-state index contributed by atoms with van der Waals surface area (Å²) in [4.78, 5) is 33.3. The molecule has 0 saturated carbocycles. The average Bonchev–Trinajstić information content (AvgIpc) is 2.87. The first-order valence-corrected chi connectivity index (χ1v) is 11.7. The molecule has 5 rings (SSSR count). The van der Waals surface area contributed by atoms with Gasteiger partial charge in [0.25, 0.3) is 0 Å². The first kappa shape index (κ1) is 23.6. The minimum Gasteiger partial charge on any atom is -0.310 e. The fraction of sp³-hybridized carbons (Fsp3) is 0.179. The Hall–Kier alpha value is -4.17. The minimum absolute atomic E-state index is 0.0163. The molecule has 1 aromatic heterocycles. The summed E-state index contributed by atoms with van der Waals surface area (Å²) in [5.74, 6) is -1.68. The van der Waals surface area contributed by atoms with Crippen molar-refractivity contribution in [2.45, 2.75) is 13.0 Å². The molecule has 1 fully saturated rings. The lowest BCUT2D eigenvalue weighted by Gasteiger charge is -2.28. The van der Waals surface area contributed by atoms with Crippen molar-refractivity contribution in [2.24, 2.45) is 0 Å². The predicted octanol–water partition coefficient (Wildman–Crippen LogP) is 4.23. The van der Waals surface area contributed by atoms with Gasteiger partial charge in [0.15, 0.2) is 0 Å². The van der Waals surface area contributed by atoms with Crippen molar-refractivity contribution in [1.82, 2.24) is 10.3 Å². The molecule has 6 nitrogen and oxygen atoms in total. The molecule has 0 spiro atoms. The van der Waals surface area contributed by atoms with E-state index in [0.717, 1.165) is 28.1 Å². The largest absolute Gasteiger partial charge is 0.310 e. The van der Waals surface area contributed by atoms with E-state index in [-0.39, 0.29) is 31.3 Å². The van der Waals surface area contributed by atoms with Crippen molar-refractivity contribution in [3.63, 3.8) is 0 Å². The number of hydrogen-bond acceptors (Lipinski definition) is 4. The number of carbonyl (C=O) groups is 2. The van der Waals surface area contributed by atoms with Crippen LogP contribution in [-0.2, 0) is 22.6 Å². The van der Waals surface area contributed by atoms with Crippen LogP contribution in [0.2, 0.25) is 0 Å². The van der Waals surface area contributed by atoms with E-state index in [1.807, 2.05) is 24.3 Å². The number of nitrogens with one attached hydrogen (secondary N) is 1. The van der Waals surface area contributed by atoms with Crippen LogP contribution in [0.4, 0.5) is 20.2 Å². The van der Waals surface area contributed by atoms with Gasteiger partial charge in [0, 0.05) is 48.3 Å². The Morgan fingerprint density at radius 1 is 1.00 bits per heavy atom. The highest BCUT2D eigenvalue weighted by atomic mass is 19.1. The van der Waals surface area contributed by atoms with Gasteiger partial charge in [-0.05, 0) is 52.9 Å². The van der Waals surface area contributed by atoms with Gasteiger partial charge in [-0.3, -0.25) is 14.6 Å². The Bertz CT molecular complexity index is 1400. The van der Waals surface area contributed by atoms with E-state index in [9.17, 15) is 18.4 Å². The number of halogens is 2. The summed E-state index contributed by atoms with van der Waals surface area (Å²) < 4.78 is 27.8. The molecule has 1 aliphatic rings. The van der Waals surface area contributed by atoms with Gasteiger partial charge in [-0.15, -0.1) is 0 Å². The Kier molecular flexibility index (Phi) is 6.69. The van der Waals surface area contributed by atoms with Gasteiger partial charge in [0.2, 0.25) is 11.8 Å². The number of pyridine rings is 1. The molecule has 0 bridgehead atoms. The van der Waals surface area contributed by atoms with Gasteiger partial charge in [0.1, 0.15) is 11.6 Å². The van der Waals surface area contributed by atoms with E-state index in [2.05, 4.69) is 10.3 Å². The molecule has 3 aromatic carbocycles. The molecule has 0 unspecified atom stereocenters. The second-order valence-corrected chi connectivity index (χ2v) is 8.69. The molecule has 0 aliphatic carbocycles. The summed E-state index contributed by atoms with van der Waals surface area (Å²) in [5, 5.41) is 4.88. The molecule has 0 radical (unpaired) electrons. The van der Waals surface area contributed by atoms with Crippen LogP contribution in [0.15, 0.2) is 79.1 Å². The Morgan fingerprint density at radius 3 is 2.50 bits per heavy atom. The number of amides is 2. The zero-order valence-corrected chi connectivity index (χ0v) is 19.5. The smallest absolute Gasteiger partial charge is 0.240 e. The molecule has 0 atom stereocenters. The maximum absolute atomic E-state index is 13.9. The highest BCUT2D eigenvalue weighted by Gasteiger charge is 2.22. The van der Waals surface area contributed by atoms with Crippen molar-refractivity contribution in [1.29, 1.82) is 0 Å². The fourth-order valence-corrected chi connectivity index (χ4v) is 4.48. The number of fused-ring (bicyclic) bond motifs is 1. The zero-order valence-electron chi connectivity index (χ0n) is 19.5. The molecule has 8 heteroatoms. The maximum atomic E-state index is 13.9. The second kappa shape index (κ2) is 10.2. The van der Waals surface area contributed by atoms with Gasteiger partial charge in [-0.25, -0.2) is 8.78 Å². The normalized spacial score (nSPS) is 13.7. The maximum Gasteiger partial charge on any atom is 0.240 e. The Labute approximate surface area is 207 Å². The zero-order chi connectivity index (χ0) is 25.1. The number of hydrogen-bond donors (Lipinski definition) is 1. The number of rotatable bonds is 6. The molecule has 2 heterocycles. The molecule has 1 saturated heterocycles. The van der Waals surface area contributed by atoms with Crippen molar-refractivity contribution >= 4 is 34.0 Å². The third kappa shape index (κ3) is 5.08. The first-order chi connectivity index (χ1) is 17.5. The molecular weight excluding hydrogens is 462 g/mol. The minimum atomic E-state index is -0.705. The summed E-state index contributed by atoms with van der Waals surface area (Å²) >= 11 is 0. The van der Waals surface area contributed by atoms with Gasteiger partial charge >= 0.3 is 0 Å². The second-order valence-electron chi connectivity index (χ2n) is 8.69. The molecule has 4 aromatic rings. The number of piperazine rings is 1. The topological polar surface area (TPSA) is 65.5 Å². The predicted molar refractivity (Wildman–Crippen MR) is 135 cm³/mol. The summed E-state index contributed by atoms with van der Waals surface area (Å²) in [6.07, 6.45) is 3.47. The van der Waals surface area contributed by atoms with Crippen LogP contribution in [0.3, 0.4) is 0 Å². The van der Waals surface area contributed by atoms with Crippen molar-refractivity contribution in [2.75, 3.05) is 29.4 Å². The lowest BCUT2D eigenvalue weighted by atomic mass is 10.0. The molecule has 1 aliphatic heterocycles. The van der Waals surface area contributed by atoms with Crippen LogP contribution in [0, 0.1) is 11.6 Å². The highest BCUT2D eigenvalue weighted by molar-refractivity contribution is 5.99. The lowest BCUT2D eigenvalue weighted by molar-refractivity contribution is -0.119. The van der Waals surface area contributed by atoms with E-state index in [0.29, 0.717) is 24.3 Å². The highest BCUT2D eigenvalue weighted by Crippen LogP contribution is 2.26. The van der Waals surface area contributed by atoms with Crippen LogP contribution in [-0.4, -0.2) is 36.4 Å². The number of nitrogens with zero attached hydrogens (tertiary/aromatic N) is 3.